The number of aromatic nitrogens is 1. The van der Waals surface area contributed by atoms with Crippen LogP contribution in [0.15, 0.2) is 73.5 Å². The van der Waals surface area contributed by atoms with Gasteiger partial charge in [-0.25, -0.2) is 9.78 Å². The maximum atomic E-state index is 12.3. The maximum Gasteiger partial charge on any atom is 0.345 e. The maximum absolute atomic E-state index is 12.3. The molecule has 0 aliphatic rings. The van der Waals surface area contributed by atoms with Crippen molar-refractivity contribution in [1.82, 2.24) is 4.98 Å². The van der Waals surface area contributed by atoms with Crippen LogP contribution in [0.5, 0.6) is 0 Å². The predicted octanol–water partition coefficient (Wildman–Crippen LogP) is 5.78. The second kappa shape index (κ2) is 7.64. The van der Waals surface area contributed by atoms with Gasteiger partial charge >= 0.3 is 5.63 Å². The quantitative estimate of drug-likeness (QED) is 0.238. The molecule has 134 valence electrons. The minimum absolute atomic E-state index is 0.401. The first-order valence-electron chi connectivity index (χ1n) is 7.83. The Kier molecular flexibility index (Phi) is 5.07. The van der Waals surface area contributed by atoms with Crippen molar-refractivity contribution in [1.29, 1.82) is 0 Å². The van der Waals surface area contributed by atoms with Crippen LogP contribution in [0, 0.1) is 0 Å². The summed E-state index contributed by atoms with van der Waals surface area (Å²) in [7, 11) is 0. The lowest BCUT2D eigenvalue weighted by molar-refractivity contribution is 0.563. The van der Waals surface area contributed by atoms with Gasteiger partial charge in [-0.2, -0.15) is 5.10 Å². The molecule has 0 saturated heterocycles. The van der Waals surface area contributed by atoms with E-state index in [1.165, 1.54) is 11.3 Å². The van der Waals surface area contributed by atoms with Crippen molar-refractivity contribution in [2.24, 2.45) is 5.10 Å². The van der Waals surface area contributed by atoms with E-state index in [2.05, 4.69) is 31.4 Å². The molecular formula is C19H11BrClN3O2S. The molecule has 8 heteroatoms. The minimum atomic E-state index is -0.401. The van der Waals surface area contributed by atoms with Crippen LogP contribution in [0.4, 0.5) is 5.13 Å². The number of halogens is 2. The minimum Gasteiger partial charge on any atom is -0.422 e. The standard InChI is InChI=1S/C19H11BrClN3O2S/c20-13-4-5-16-12(7-13)8-15(18(25)26-16)17-10-22-19(27-17)24-23-9-11-2-1-3-14(21)6-11/h1-10H,(H,22,24)/b23-9+. The van der Waals surface area contributed by atoms with E-state index >= 15 is 0 Å². The second-order valence-corrected chi connectivity index (χ2v) is 7.97. The van der Waals surface area contributed by atoms with Crippen molar-refractivity contribution in [2.45, 2.75) is 0 Å². The van der Waals surface area contributed by atoms with Crippen LogP contribution in [0.25, 0.3) is 21.4 Å². The molecule has 0 aliphatic heterocycles. The smallest absolute Gasteiger partial charge is 0.345 e. The SMILES string of the molecule is O=c1oc2ccc(Br)cc2cc1-c1cnc(N/N=C/c2cccc(Cl)c2)s1. The average molecular weight is 461 g/mol. The van der Waals surface area contributed by atoms with Gasteiger partial charge in [0.25, 0.3) is 0 Å². The highest BCUT2D eigenvalue weighted by atomic mass is 79.9. The third kappa shape index (κ3) is 4.10. The number of hydrogen-bond donors (Lipinski definition) is 1. The van der Waals surface area contributed by atoms with Crippen molar-refractivity contribution >= 4 is 61.2 Å². The monoisotopic (exact) mass is 459 g/mol. The van der Waals surface area contributed by atoms with Crippen LogP contribution in [0.3, 0.4) is 0 Å². The Morgan fingerprint density at radius 1 is 1.22 bits per heavy atom. The zero-order valence-electron chi connectivity index (χ0n) is 13.6. The number of anilines is 1. The molecule has 4 aromatic rings. The van der Waals surface area contributed by atoms with E-state index in [1.54, 1.807) is 36.7 Å². The Morgan fingerprint density at radius 2 is 2.11 bits per heavy atom. The van der Waals surface area contributed by atoms with Crippen LogP contribution in [0.2, 0.25) is 5.02 Å². The fourth-order valence-corrected chi connectivity index (χ4v) is 3.81. The fourth-order valence-electron chi connectivity index (χ4n) is 2.47. The molecule has 5 nitrogen and oxygen atoms in total. The van der Waals surface area contributed by atoms with Crippen LogP contribution in [-0.2, 0) is 0 Å². The van der Waals surface area contributed by atoms with E-state index in [0.717, 1.165) is 15.4 Å². The molecule has 2 aromatic heterocycles. The topological polar surface area (TPSA) is 67.5 Å². The zero-order chi connectivity index (χ0) is 18.8. The summed E-state index contributed by atoms with van der Waals surface area (Å²) in [6.07, 6.45) is 3.27. The molecule has 0 spiro atoms. The molecular weight excluding hydrogens is 450 g/mol. The molecule has 0 bridgehead atoms. The Labute approximate surface area is 171 Å². The van der Waals surface area contributed by atoms with Gasteiger partial charge in [0.2, 0.25) is 5.13 Å². The Morgan fingerprint density at radius 3 is 2.96 bits per heavy atom. The van der Waals surface area contributed by atoms with Crippen LogP contribution >= 0.6 is 38.9 Å². The van der Waals surface area contributed by atoms with Gasteiger partial charge in [-0.1, -0.05) is 51.0 Å². The summed E-state index contributed by atoms with van der Waals surface area (Å²) in [5, 5.41) is 6.19. The first kappa shape index (κ1) is 17.9. The Bertz CT molecular complexity index is 1220. The summed E-state index contributed by atoms with van der Waals surface area (Å²) in [5.74, 6) is 0. The molecule has 0 aliphatic carbocycles. The second-order valence-electron chi connectivity index (χ2n) is 5.58. The number of thiazole rings is 1. The van der Waals surface area contributed by atoms with Gasteiger partial charge in [0.15, 0.2) is 0 Å². The molecule has 0 fully saturated rings. The summed E-state index contributed by atoms with van der Waals surface area (Å²) in [4.78, 5) is 17.3. The van der Waals surface area contributed by atoms with E-state index < -0.39 is 5.63 Å². The molecule has 0 unspecified atom stereocenters. The Balaban J connectivity index is 1.58. The first-order chi connectivity index (χ1) is 13.1. The number of rotatable bonds is 4. The van der Waals surface area contributed by atoms with Crippen molar-refractivity contribution in [3.63, 3.8) is 0 Å². The van der Waals surface area contributed by atoms with Gasteiger partial charge < -0.3 is 4.42 Å². The van der Waals surface area contributed by atoms with Crippen molar-refractivity contribution < 1.29 is 4.42 Å². The number of benzene rings is 2. The summed E-state index contributed by atoms with van der Waals surface area (Å²) < 4.78 is 6.32. The number of hydrogen-bond acceptors (Lipinski definition) is 6. The number of nitrogens with one attached hydrogen (secondary N) is 1. The van der Waals surface area contributed by atoms with Crippen molar-refractivity contribution in [3.05, 3.63) is 80.2 Å². The fraction of sp³-hybridized carbons (Fsp3) is 0. The van der Waals surface area contributed by atoms with Gasteiger partial charge in [-0.05, 0) is 42.0 Å². The molecule has 0 atom stereocenters. The lowest BCUT2D eigenvalue weighted by atomic mass is 10.2. The summed E-state index contributed by atoms with van der Waals surface area (Å²) in [5.41, 5.74) is 4.34. The van der Waals surface area contributed by atoms with Gasteiger partial charge in [-0.3, -0.25) is 5.43 Å². The average Bonchev–Trinajstić information content (AvgIpc) is 3.10. The predicted molar refractivity (Wildman–Crippen MR) is 114 cm³/mol. The van der Waals surface area contributed by atoms with Crippen LogP contribution in [-0.4, -0.2) is 11.2 Å². The third-order valence-corrected chi connectivity index (χ3v) is 5.35. The van der Waals surface area contributed by atoms with E-state index in [1.807, 2.05) is 24.3 Å². The van der Waals surface area contributed by atoms with E-state index in [4.69, 9.17) is 16.0 Å². The molecule has 0 amide bonds. The summed E-state index contributed by atoms with van der Waals surface area (Å²) in [6, 6.07) is 14.6. The molecule has 1 N–H and O–H groups in total. The number of hydrazone groups is 1. The van der Waals surface area contributed by atoms with E-state index in [0.29, 0.717) is 26.2 Å². The van der Waals surface area contributed by atoms with E-state index in [9.17, 15) is 4.79 Å². The molecule has 0 saturated carbocycles. The molecule has 27 heavy (non-hydrogen) atoms. The highest BCUT2D eigenvalue weighted by Crippen LogP contribution is 2.29. The van der Waals surface area contributed by atoms with Gasteiger partial charge in [0.1, 0.15) is 5.58 Å². The lowest BCUT2D eigenvalue weighted by Crippen LogP contribution is -2.01. The zero-order valence-corrected chi connectivity index (χ0v) is 16.8. The highest BCUT2D eigenvalue weighted by Gasteiger charge is 2.11. The highest BCUT2D eigenvalue weighted by molar-refractivity contribution is 9.10. The lowest BCUT2D eigenvalue weighted by Gasteiger charge is -2.00. The largest absolute Gasteiger partial charge is 0.422 e. The van der Waals surface area contributed by atoms with Crippen molar-refractivity contribution in [2.75, 3.05) is 5.43 Å². The molecule has 2 heterocycles. The molecule has 2 aromatic carbocycles. The first-order valence-corrected chi connectivity index (χ1v) is 9.81. The van der Waals surface area contributed by atoms with Gasteiger partial charge in [0, 0.05) is 21.1 Å². The van der Waals surface area contributed by atoms with Gasteiger partial charge in [0.05, 0.1) is 16.7 Å². The van der Waals surface area contributed by atoms with Crippen LogP contribution < -0.4 is 11.1 Å². The Hall–Kier alpha value is -2.48. The molecule has 0 radical (unpaired) electrons. The number of fused-ring (bicyclic) bond motifs is 1. The number of nitrogens with zero attached hydrogens (tertiary/aromatic N) is 2. The normalized spacial score (nSPS) is 11.3. The third-order valence-electron chi connectivity index (χ3n) is 3.69. The van der Waals surface area contributed by atoms with E-state index in [-0.39, 0.29) is 0 Å². The summed E-state index contributed by atoms with van der Waals surface area (Å²) in [6.45, 7) is 0. The van der Waals surface area contributed by atoms with Crippen molar-refractivity contribution in [3.8, 4) is 10.4 Å². The van der Waals surface area contributed by atoms with Crippen LogP contribution in [0.1, 0.15) is 5.56 Å². The molecule has 4 rings (SSSR count). The van der Waals surface area contributed by atoms with Gasteiger partial charge in [-0.15, -0.1) is 0 Å². The summed E-state index contributed by atoms with van der Waals surface area (Å²) >= 11 is 10.7.